The Morgan fingerprint density at radius 1 is 0.636 bits per heavy atom. The van der Waals surface area contributed by atoms with Crippen molar-refractivity contribution in [2.24, 2.45) is 0 Å². The van der Waals surface area contributed by atoms with Gasteiger partial charge in [0.2, 0.25) is 5.78 Å². The smallest absolute Gasteiger partial charge is 0.201 e. The monoisotopic (exact) mass is 358 g/mol. The zero-order chi connectivity index (χ0) is 14.9. The Morgan fingerprint density at radius 3 is 1.95 bits per heavy atom. The van der Waals surface area contributed by atoms with Crippen LogP contribution in [0.2, 0.25) is 0 Å². The predicted octanol–water partition coefficient (Wildman–Crippen LogP) is 6.24. The molecule has 0 aliphatic carbocycles. The van der Waals surface area contributed by atoms with E-state index in [9.17, 15) is 4.79 Å². The fourth-order valence-corrected chi connectivity index (χ4v) is 8.91. The molecule has 2 aliphatic heterocycles. The third-order valence-electron chi connectivity index (χ3n) is 3.31. The Morgan fingerprint density at radius 2 is 1.23 bits per heavy atom. The minimum absolute atomic E-state index is 0.130. The minimum Gasteiger partial charge on any atom is -0.288 e. The van der Waals surface area contributed by atoms with Crippen LogP contribution in [0.5, 0.6) is 0 Å². The fourth-order valence-electron chi connectivity index (χ4n) is 2.23. The first-order chi connectivity index (χ1) is 10.8. The van der Waals surface area contributed by atoms with Crippen molar-refractivity contribution in [3.63, 3.8) is 0 Å². The molecule has 0 atom stereocenters. The summed E-state index contributed by atoms with van der Waals surface area (Å²) >= 11 is 0. The van der Waals surface area contributed by atoms with Crippen LogP contribution in [0.25, 0.3) is 4.91 Å². The van der Waals surface area contributed by atoms with Crippen molar-refractivity contribution < 1.29 is 4.79 Å². The first-order valence-corrected chi connectivity index (χ1v) is 11.0. The molecule has 22 heavy (non-hydrogen) atoms. The van der Waals surface area contributed by atoms with Crippen LogP contribution in [0.3, 0.4) is 0 Å². The van der Waals surface area contributed by atoms with Crippen LogP contribution in [0.1, 0.15) is 15.9 Å². The van der Waals surface area contributed by atoms with Gasteiger partial charge in [-0.1, -0.05) is 71.5 Å². The summed E-state index contributed by atoms with van der Waals surface area (Å²) in [6.07, 6.45) is 0. The normalized spacial score (nSPS) is 17.1. The van der Waals surface area contributed by atoms with E-state index >= 15 is 0 Å². The van der Waals surface area contributed by atoms with Gasteiger partial charge in [0.25, 0.3) is 0 Å². The average Bonchev–Trinajstić information content (AvgIpc) is 3.17. The number of hydrogen-bond donors (Lipinski definition) is 0. The summed E-state index contributed by atoms with van der Waals surface area (Å²) in [5, 5.41) is 0. The summed E-state index contributed by atoms with van der Waals surface area (Å²) < 4.78 is 0. The number of rotatable bonds is 3. The molecule has 0 saturated heterocycles. The van der Waals surface area contributed by atoms with E-state index < -0.39 is 0 Å². The molecule has 0 N–H and O–H groups in total. The van der Waals surface area contributed by atoms with Crippen molar-refractivity contribution in [1.82, 2.24) is 0 Å². The van der Waals surface area contributed by atoms with Gasteiger partial charge < -0.3 is 0 Å². The second kappa shape index (κ2) is 6.24. The molecule has 0 bridgehead atoms. The van der Waals surface area contributed by atoms with E-state index in [0.29, 0.717) is 0 Å². The fraction of sp³-hybridized carbons (Fsp3) is 0. The molecule has 0 amide bonds. The van der Waals surface area contributed by atoms with Gasteiger partial charge in [0, 0.05) is 15.4 Å². The molecule has 0 fully saturated rings. The Hall–Kier alpha value is -1.01. The lowest BCUT2D eigenvalue weighted by atomic mass is 10.1. The van der Waals surface area contributed by atoms with Crippen molar-refractivity contribution >= 4 is 53.9 Å². The van der Waals surface area contributed by atoms with E-state index in [4.69, 9.17) is 0 Å². The van der Waals surface area contributed by atoms with Crippen molar-refractivity contribution in [3.8, 4) is 0 Å². The number of ketones is 1. The van der Waals surface area contributed by atoms with Gasteiger partial charge in [0.05, 0.1) is 9.81 Å². The number of hydrogen-bond acceptors (Lipinski definition) is 5. The standard InChI is InChI=1S/C17H10OS4/c18-13(11-7-3-1-4-8-11)15-17-16(21-20-15)14(19-22-17)12-9-5-2-6-10-12/h1-10H. The second-order valence-corrected chi connectivity index (χ2v) is 9.01. The predicted molar refractivity (Wildman–Crippen MR) is 102 cm³/mol. The van der Waals surface area contributed by atoms with E-state index in [1.54, 1.807) is 43.2 Å². The van der Waals surface area contributed by atoms with Gasteiger partial charge in [-0.3, -0.25) is 4.79 Å². The van der Waals surface area contributed by atoms with Gasteiger partial charge in [-0.25, -0.2) is 0 Å². The van der Waals surface area contributed by atoms with Gasteiger partial charge in [0.1, 0.15) is 0 Å². The molecule has 2 aromatic rings. The first kappa shape index (κ1) is 14.6. The van der Waals surface area contributed by atoms with Crippen molar-refractivity contribution in [1.29, 1.82) is 0 Å². The lowest BCUT2D eigenvalue weighted by Gasteiger charge is -2.02. The summed E-state index contributed by atoms with van der Waals surface area (Å²) in [5.41, 5.74) is 1.99. The summed E-state index contributed by atoms with van der Waals surface area (Å²) in [4.78, 5) is 17.2. The zero-order valence-corrected chi connectivity index (χ0v) is 14.6. The molecule has 5 heteroatoms. The van der Waals surface area contributed by atoms with Gasteiger partial charge in [0.15, 0.2) is 0 Å². The molecular formula is C17H10OS4. The molecule has 0 spiro atoms. The number of fused-ring (bicyclic) bond motifs is 1. The Bertz CT molecular complexity index is 794. The maximum Gasteiger partial charge on any atom is 0.201 e. The van der Waals surface area contributed by atoms with E-state index in [1.165, 1.54) is 15.4 Å². The molecule has 0 unspecified atom stereocenters. The quantitative estimate of drug-likeness (QED) is 0.476. The maximum absolute atomic E-state index is 12.7. The highest BCUT2D eigenvalue weighted by Gasteiger charge is 2.35. The summed E-state index contributed by atoms with van der Waals surface area (Å²) in [6.45, 7) is 0. The van der Waals surface area contributed by atoms with Crippen LogP contribution in [0.4, 0.5) is 0 Å². The number of Topliss-reactive ketones (excluding diaryl/α,β-unsaturated/α-hetero) is 1. The van der Waals surface area contributed by atoms with Crippen LogP contribution in [0.15, 0.2) is 75.4 Å². The van der Waals surface area contributed by atoms with Crippen LogP contribution < -0.4 is 0 Å². The number of benzene rings is 2. The van der Waals surface area contributed by atoms with Gasteiger partial charge in [-0.15, -0.1) is 0 Å². The highest BCUT2D eigenvalue weighted by atomic mass is 33.1. The van der Waals surface area contributed by atoms with Crippen molar-refractivity contribution in [2.75, 3.05) is 0 Å². The van der Waals surface area contributed by atoms with Crippen LogP contribution >= 0.6 is 43.2 Å². The molecule has 2 aliphatic rings. The van der Waals surface area contributed by atoms with Crippen LogP contribution in [0, 0.1) is 0 Å². The highest BCUT2D eigenvalue weighted by Crippen LogP contribution is 2.66. The largest absolute Gasteiger partial charge is 0.288 e. The van der Waals surface area contributed by atoms with E-state index in [-0.39, 0.29) is 5.78 Å². The molecule has 0 radical (unpaired) electrons. The molecule has 0 aromatic heterocycles. The maximum atomic E-state index is 12.7. The zero-order valence-electron chi connectivity index (χ0n) is 11.3. The van der Waals surface area contributed by atoms with Crippen molar-refractivity contribution in [3.05, 3.63) is 86.5 Å². The Labute approximate surface area is 144 Å². The van der Waals surface area contributed by atoms with Crippen LogP contribution in [-0.4, -0.2) is 5.78 Å². The number of carbonyl (C=O) groups is 1. The summed E-state index contributed by atoms with van der Waals surface area (Å²) in [6, 6.07) is 19.9. The van der Waals surface area contributed by atoms with E-state index in [2.05, 4.69) is 24.3 Å². The second-order valence-electron chi connectivity index (χ2n) is 4.71. The lowest BCUT2D eigenvalue weighted by Crippen LogP contribution is -1.99. The topological polar surface area (TPSA) is 17.1 Å². The Kier molecular flexibility index (Phi) is 4.13. The van der Waals surface area contributed by atoms with Crippen molar-refractivity contribution in [2.45, 2.75) is 0 Å². The van der Waals surface area contributed by atoms with Gasteiger partial charge in [-0.05, 0) is 37.9 Å². The number of allylic oxidation sites excluding steroid dienone is 1. The third kappa shape index (κ3) is 2.56. The molecule has 2 aromatic carbocycles. The molecule has 2 heterocycles. The van der Waals surface area contributed by atoms with Gasteiger partial charge in [-0.2, -0.15) is 0 Å². The number of carbonyl (C=O) groups excluding carboxylic acids is 1. The molecule has 108 valence electrons. The molecular weight excluding hydrogens is 348 g/mol. The van der Waals surface area contributed by atoms with E-state index in [1.807, 2.05) is 36.4 Å². The van der Waals surface area contributed by atoms with Gasteiger partial charge >= 0.3 is 0 Å². The summed E-state index contributed by atoms with van der Waals surface area (Å²) in [7, 11) is 6.76. The summed E-state index contributed by atoms with van der Waals surface area (Å²) in [5.74, 6) is 0.130. The molecule has 4 rings (SSSR count). The SMILES string of the molecule is O=C(C1=C2SSC(c3ccccc3)=C2SS1)c1ccccc1. The van der Waals surface area contributed by atoms with E-state index in [0.717, 1.165) is 15.4 Å². The third-order valence-corrected chi connectivity index (χ3v) is 8.68. The average molecular weight is 359 g/mol. The molecule has 0 saturated carbocycles. The lowest BCUT2D eigenvalue weighted by molar-refractivity contribution is 0.104. The molecule has 1 nitrogen and oxygen atoms in total. The first-order valence-electron chi connectivity index (χ1n) is 6.68. The Balaban J connectivity index is 1.74. The van der Waals surface area contributed by atoms with Crippen LogP contribution in [-0.2, 0) is 0 Å². The highest BCUT2D eigenvalue weighted by molar-refractivity contribution is 8.86. The minimum atomic E-state index is 0.130.